The van der Waals surface area contributed by atoms with Gasteiger partial charge in [-0.3, -0.25) is 4.79 Å². The van der Waals surface area contributed by atoms with Crippen LogP contribution in [-0.4, -0.2) is 19.1 Å². The van der Waals surface area contributed by atoms with Gasteiger partial charge in [0.1, 0.15) is 5.75 Å². The molecule has 0 saturated heterocycles. The molecule has 0 heterocycles. The fourth-order valence-corrected chi connectivity index (χ4v) is 3.21. The van der Waals surface area contributed by atoms with Gasteiger partial charge in [0.15, 0.2) is 0 Å². The molecule has 0 aliphatic heterocycles. The molecule has 3 nitrogen and oxygen atoms in total. The van der Waals surface area contributed by atoms with Gasteiger partial charge in [-0.15, -0.1) is 0 Å². The normalized spacial score (nSPS) is 10.6. The van der Waals surface area contributed by atoms with Crippen LogP contribution in [-0.2, 0) is 6.42 Å². The second kappa shape index (κ2) is 10.7. The smallest absolute Gasteiger partial charge is 0.255 e. The van der Waals surface area contributed by atoms with E-state index in [0.29, 0.717) is 29.5 Å². The molecule has 150 valence electrons. The van der Waals surface area contributed by atoms with E-state index in [1.54, 1.807) is 18.2 Å². The summed E-state index contributed by atoms with van der Waals surface area (Å²) in [5, 5.41) is 3.50. The van der Waals surface area contributed by atoms with E-state index in [-0.39, 0.29) is 5.91 Å². The van der Waals surface area contributed by atoms with Crippen LogP contribution in [0.2, 0.25) is 5.02 Å². The summed E-state index contributed by atoms with van der Waals surface area (Å²) >= 11 is 6.08. The zero-order valence-corrected chi connectivity index (χ0v) is 17.4. The Morgan fingerprint density at radius 3 is 2.41 bits per heavy atom. The van der Waals surface area contributed by atoms with Crippen LogP contribution >= 0.6 is 11.6 Å². The second-order valence-corrected chi connectivity index (χ2v) is 7.35. The highest BCUT2D eigenvalue weighted by atomic mass is 35.5. The molecule has 0 fully saturated rings. The van der Waals surface area contributed by atoms with E-state index in [4.69, 9.17) is 16.3 Å². The minimum absolute atomic E-state index is 0.167. The number of hydrogen-bond acceptors (Lipinski definition) is 2. The number of amides is 1. The van der Waals surface area contributed by atoms with Crippen molar-refractivity contribution in [2.45, 2.75) is 26.2 Å². The van der Waals surface area contributed by atoms with Gasteiger partial charge in [0, 0.05) is 11.6 Å². The summed E-state index contributed by atoms with van der Waals surface area (Å²) < 4.78 is 5.75. The molecule has 0 unspecified atom stereocenters. The molecule has 1 amide bonds. The van der Waals surface area contributed by atoms with Crippen LogP contribution < -0.4 is 10.1 Å². The number of carbonyl (C=O) groups is 1. The number of benzene rings is 3. The van der Waals surface area contributed by atoms with E-state index in [1.807, 2.05) is 18.2 Å². The molecule has 29 heavy (non-hydrogen) atoms. The second-order valence-electron chi connectivity index (χ2n) is 6.91. The maximum absolute atomic E-state index is 12.6. The fourth-order valence-electron chi connectivity index (χ4n) is 3.04. The summed E-state index contributed by atoms with van der Waals surface area (Å²) in [6.45, 7) is 3.24. The molecule has 0 atom stereocenters. The van der Waals surface area contributed by atoms with Gasteiger partial charge in [0.05, 0.1) is 12.2 Å². The number of ether oxygens (including phenoxy) is 1. The highest BCUT2D eigenvalue weighted by Gasteiger charge is 2.13. The van der Waals surface area contributed by atoms with Crippen molar-refractivity contribution in [3.8, 4) is 16.9 Å². The third kappa shape index (κ3) is 6.10. The highest BCUT2D eigenvalue weighted by Crippen LogP contribution is 2.23. The summed E-state index contributed by atoms with van der Waals surface area (Å²) in [7, 11) is 0. The van der Waals surface area contributed by atoms with Crippen molar-refractivity contribution in [3.05, 3.63) is 88.9 Å². The predicted octanol–water partition coefficient (Wildman–Crippen LogP) is 6.16. The third-order valence-electron chi connectivity index (χ3n) is 4.70. The lowest BCUT2D eigenvalue weighted by molar-refractivity contribution is 0.0950. The molecule has 3 aromatic carbocycles. The van der Waals surface area contributed by atoms with E-state index in [0.717, 1.165) is 19.3 Å². The first-order valence-corrected chi connectivity index (χ1v) is 10.4. The lowest BCUT2D eigenvalue weighted by Gasteiger charge is -2.12. The van der Waals surface area contributed by atoms with Crippen molar-refractivity contribution >= 4 is 17.5 Å². The fraction of sp³-hybridized carbons (Fsp3) is 0.240. The van der Waals surface area contributed by atoms with E-state index in [9.17, 15) is 4.79 Å². The molecule has 3 rings (SSSR count). The summed E-state index contributed by atoms with van der Waals surface area (Å²) in [6.07, 6.45) is 2.74. The molecular weight excluding hydrogens is 382 g/mol. The number of halogens is 1. The van der Waals surface area contributed by atoms with Gasteiger partial charge in [-0.2, -0.15) is 0 Å². The lowest BCUT2D eigenvalue weighted by atomic mass is 10.0. The zero-order valence-electron chi connectivity index (χ0n) is 16.7. The Morgan fingerprint density at radius 1 is 0.966 bits per heavy atom. The van der Waals surface area contributed by atoms with E-state index < -0.39 is 0 Å². The van der Waals surface area contributed by atoms with Gasteiger partial charge in [0.25, 0.3) is 5.91 Å². The number of carbonyl (C=O) groups excluding carboxylic acids is 1. The molecule has 0 bridgehead atoms. The highest BCUT2D eigenvalue weighted by molar-refractivity contribution is 6.31. The molecule has 0 saturated carbocycles. The Kier molecular flexibility index (Phi) is 7.71. The monoisotopic (exact) mass is 407 g/mol. The standard InChI is InChI=1S/C25H26ClNO2/c1-2-3-17-29-24-14-13-22(26)18-23(24)25(28)27-16-15-19-9-11-21(12-10-19)20-7-5-4-6-8-20/h4-14,18H,2-3,15-17H2,1H3,(H,27,28). The number of nitrogens with one attached hydrogen (secondary N) is 1. The van der Waals surface area contributed by atoms with Gasteiger partial charge in [-0.25, -0.2) is 0 Å². The molecular formula is C25H26ClNO2. The summed E-state index contributed by atoms with van der Waals surface area (Å²) in [5.74, 6) is 0.410. The van der Waals surface area contributed by atoms with Crippen molar-refractivity contribution < 1.29 is 9.53 Å². The van der Waals surface area contributed by atoms with Gasteiger partial charge in [-0.1, -0.05) is 79.5 Å². The average molecular weight is 408 g/mol. The van der Waals surface area contributed by atoms with Crippen LogP contribution in [0.4, 0.5) is 0 Å². The largest absolute Gasteiger partial charge is 0.493 e. The SMILES string of the molecule is CCCCOc1ccc(Cl)cc1C(=O)NCCc1ccc(-c2ccccc2)cc1. The molecule has 0 spiro atoms. The Balaban J connectivity index is 1.56. The van der Waals surface area contributed by atoms with Crippen LogP contribution in [0.3, 0.4) is 0 Å². The van der Waals surface area contributed by atoms with Gasteiger partial charge < -0.3 is 10.1 Å². The average Bonchev–Trinajstić information content (AvgIpc) is 2.76. The topological polar surface area (TPSA) is 38.3 Å². The first kappa shape index (κ1) is 20.9. The Bertz CT molecular complexity index is 923. The Hall–Kier alpha value is -2.78. The molecule has 4 heteroatoms. The van der Waals surface area contributed by atoms with Crippen molar-refractivity contribution in [1.82, 2.24) is 5.32 Å². The minimum atomic E-state index is -0.167. The minimum Gasteiger partial charge on any atom is -0.493 e. The number of hydrogen-bond donors (Lipinski definition) is 1. The third-order valence-corrected chi connectivity index (χ3v) is 4.94. The maximum atomic E-state index is 12.6. The summed E-state index contributed by atoms with van der Waals surface area (Å²) in [6, 6.07) is 23.9. The molecule has 0 aromatic heterocycles. The van der Waals surface area contributed by atoms with Crippen molar-refractivity contribution in [2.75, 3.05) is 13.2 Å². The van der Waals surface area contributed by atoms with Gasteiger partial charge in [-0.05, 0) is 47.7 Å². The molecule has 0 aliphatic rings. The van der Waals surface area contributed by atoms with Gasteiger partial charge in [0.2, 0.25) is 0 Å². The van der Waals surface area contributed by atoms with Crippen molar-refractivity contribution in [2.24, 2.45) is 0 Å². The van der Waals surface area contributed by atoms with Crippen molar-refractivity contribution in [3.63, 3.8) is 0 Å². The first-order valence-electron chi connectivity index (χ1n) is 10.0. The molecule has 1 N–H and O–H groups in total. The van der Waals surface area contributed by atoms with Crippen LogP contribution in [0.5, 0.6) is 5.75 Å². The molecule has 0 radical (unpaired) electrons. The first-order chi connectivity index (χ1) is 14.2. The maximum Gasteiger partial charge on any atom is 0.255 e. The number of rotatable bonds is 9. The quantitative estimate of drug-likeness (QED) is 0.431. The Morgan fingerprint density at radius 2 is 1.69 bits per heavy atom. The summed E-state index contributed by atoms with van der Waals surface area (Å²) in [5.41, 5.74) is 4.04. The van der Waals surface area contributed by atoms with Crippen LogP contribution in [0.15, 0.2) is 72.8 Å². The van der Waals surface area contributed by atoms with E-state index >= 15 is 0 Å². The van der Waals surface area contributed by atoms with E-state index in [2.05, 4.69) is 48.6 Å². The van der Waals surface area contributed by atoms with Crippen LogP contribution in [0.25, 0.3) is 11.1 Å². The van der Waals surface area contributed by atoms with Gasteiger partial charge >= 0.3 is 0 Å². The van der Waals surface area contributed by atoms with Crippen LogP contribution in [0.1, 0.15) is 35.7 Å². The summed E-state index contributed by atoms with van der Waals surface area (Å²) in [4.78, 5) is 12.6. The van der Waals surface area contributed by atoms with Crippen molar-refractivity contribution in [1.29, 1.82) is 0 Å². The van der Waals surface area contributed by atoms with E-state index in [1.165, 1.54) is 16.7 Å². The number of unbranched alkanes of at least 4 members (excludes halogenated alkanes) is 1. The lowest BCUT2D eigenvalue weighted by Crippen LogP contribution is -2.26. The predicted molar refractivity (Wildman–Crippen MR) is 120 cm³/mol. The molecule has 3 aromatic rings. The Labute approximate surface area is 177 Å². The zero-order chi connectivity index (χ0) is 20.5. The molecule has 0 aliphatic carbocycles. The van der Waals surface area contributed by atoms with Crippen LogP contribution in [0, 0.1) is 0 Å².